The molecule has 0 bridgehead atoms. The van der Waals surface area contributed by atoms with Crippen LogP contribution in [0.15, 0.2) is 46.9 Å². The number of ketones is 1. The molecule has 2 N–H and O–H groups in total. The third-order valence-electron chi connectivity index (χ3n) is 4.50. The molecular weight excluding hydrogens is 307 g/mol. The molecule has 3 rings (SSSR count). The summed E-state index contributed by atoms with van der Waals surface area (Å²) < 4.78 is 14.4. The molecule has 0 saturated heterocycles. The lowest BCUT2D eigenvalue weighted by atomic mass is 9.76. The monoisotopic (exact) mass is 326 g/mol. The number of rotatable bonds is 2. The molecule has 1 aliphatic heterocycles. The van der Waals surface area contributed by atoms with Crippen LogP contribution < -0.4 is 5.73 Å². The van der Waals surface area contributed by atoms with E-state index in [2.05, 4.69) is 6.07 Å². The summed E-state index contributed by atoms with van der Waals surface area (Å²) in [7, 11) is 3.60. The molecule has 0 fully saturated rings. The molecule has 0 radical (unpaired) electrons. The molecular formula is C18H19FN4O. The van der Waals surface area contributed by atoms with Gasteiger partial charge in [0.1, 0.15) is 11.6 Å². The maximum atomic E-state index is 14.4. The molecule has 0 aromatic heterocycles. The fraction of sp³-hybridized carbons (Fsp3) is 0.333. The second-order valence-corrected chi connectivity index (χ2v) is 6.16. The Morgan fingerprint density at radius 3 is 2.67 bits per heavy atom. The minimum atomic E-state index is -0.741. The van der Waals surface area contributed by atoms with Crippen molar-refractivity contribution in [2.45, 2.75) is 25.2 Å². The first kappa shape index (κ1) is 16.2. The first-order valence-corrected chi connectivity index (χ1v) is 7.85. The van der Waals surface area contributed by atoms with Gasteiger partial charge in [0.05, 0.1) is 17.6 Å². The summed E-state index contributed by atoms with van der Waals surface area (Å²) in [4.78, 5) is 12.7. The van der Waals surface area contributed by atoms with Gasteiger partial charge in [-0.15, -0.1) is 0 Å². The van der Waals surface area contributed by atoms with Gasteiger partial charge in [-0.1, -0.05) is 18.2 Å². The molecule has 0 unspecified atom stereocenters. The minimum absolute atomic E-state index is 0.0448. The Bertz CT molecular complexity index is 803. The zero-order valence-electron chi connectivity index (χ0n) is 13.7. The van der Waals surface area contributed by atoms with Crippen molar-refractivity contribution in [1.82, 2.24) is 10.0 Å². The highest BCUT2D eigenvalue weighted by atomic mass is 19.1. The van der Waals surface area contributed by atoms with Crippen LogP contribution in [0.1, 0.15) is 30.7 Å². The second-order valence-electron chi connectivity index (χ2n) is 6.16. The van der Waals surface area contributed by atoms with Crippen molar-refractivity contribution < 1.29 is 9.18 Å². The van der Waals surface area contributed by atoms with Gasteiger partial charge in [-0.2, -0.15) is 5.26 Å². The molecule has 0 spiro atoms. The lowest BCUT2D eigenvalue weighted by molar-refractivity contribution is -0.116. The van der Waals surface area contributed by atoms with Crippen molar-refractivity contribution in [3.8, 4) is 6.07 Å². The first-order chi connectivity index (χ1) is 11.5. The average molecular weight is 326 g/mol. The van der Waals surface area contributed by atoms with Crippen LogP contribution in [0.2, 0.25) is 0 Å². The average Bonchev–Trinajstić information content (AvgIpc) is 2.54. The molecule has 124 valence electrons. The zero-order valence-corrected chi connectivity index (χ0v) is 13.7. The van der Waals surface area contributed by atoms with E-state index in [1.807, 2.05) is 0 Å². The number of Topliss-reactive ketones (excluding diaryl/α,β-unsaturated/α-hetero) is 1. The van der Waals surface area contributed by atoms with E-state index in [9.17, 15) is 14.4 Å². The maximum absolute atomic E-state index is 14.4. The highest BCUT2D eigenvalue weighted by molar-refractivity contribution is 5.99. The van der Waals surface area contributed by atoms with Crippen LogP contribution >= 0.6 is 0 Å². The number of nitriles is 1. The second kappa shape index (κ2) is 6.10. The van der Waals surface area contributed by atoms with Crippen molar-refractivity contribution in [3.05, 3.63) is 58.3 Å². The van der Waals surface area contributed by atoms with Crippen LogP contribution in [-0.4, -0.2) is 29.9 Å². The molecule has 1 aliphatic carbocycles. The van der Waals surface area contributed by atoms with Gasteiger partial charge in [0.2, 0.25) is 0 Å². The fourth-order valence-corrected chi connectivity index (χ4v) is 3.54. The summed E-state index contributed by atoms with van der Waals surface area (Å²) in [5.74, 6) is -0.970. The molecule has 2 aliphatic rings. The van der Waals surface area contributed by atoms with Crippen molar-refractivity contribution in [3.63, 3.8) is 0 Å². The van der Waals surface area contributed by atoms with E-state index >= 15 is 0 Å². The number of allylic oxidation sites excluding steroid dienone is 3. The van der Waals surface area contributed by atoms with E-state index in [1.54, 1.807) is 42.3 Å². The summed E-state index contributed by atoms with van der Waals surface area (Å²) >= 11 is 0. The number of hydrogen-bond donors (Lipinski definition) is 1. The van der Waals surface area contributed by atoms with E-state index in [1.165, 1.54) is 6.07 Å². The normalized spacial score (nSPS) is 21.2. The largest absolute Gasteiger partial charge is 0.383 e. The van der Waals surface area contributed by atoms with Gasteiger partial charge < -0.3 is 5.73 Å². The third-order valence-corrected chi connectivity index (χ3v) is 4.50. The Hall–Kier alpha value is -2.65. The van der Waals surface area contributed by atoms with E-state index < -0.39 is 11.7 Å². The van der Waals surface area contributed by atoms with Crippen molar-refractivity contribution in [2.24, 2.45) is 5.73 Å². The van der Waals surface area contributed by atoms with Crippen LogP contribution in [0.4, 0.5) is 4.39 Å². The van der Waals surface area contributed by atoms with Gasteiger partial charge in [0.15, 0.2) is 5.78 Å². The van der Waals surface area contributed by atoms with Gasteiger partial charge in [-0.25, -0.2) is 9.40 Å². The molecule has 1 aromatic rings. The molecule has 1 atom stereocenters. The quantitative estimate of drug-likeness (QED) is 0.903. The number of benzene rings is 1. The lowest BCUT2D eigenvalue weighted by Crippen LogP contribution is -2.45. The summed E-state index contributed by atoms with van der Waals surface area (Å²) in [6, 6.07) is 8.35. The number of nitrogens with zero attached hydrogens (tertiary/aromatic N) is 3. The summed E-state index contributed by atoms with van der Waals surface area (Å²) in [5, 5.41) is 13.1. The molecule has 5 nitrogen and oxygen atoms in total. The van der Waals surface area contributed by atoms with Crippen molar-refractivity contribution >= 4 is 5.78 Å². The van der Waals surface area contributed by atoms with Gasteiger partial charge in [-0.05, 0) is 18.9 Å². The molecule has 6 heteroatoms. The van der Waals surface area contributed by atoms with Crippen LogP contribution in [0.5, 0.6) is 0 Å². The predicted molar refractivity (Wildman–Crippen MR) is 87.4 cm³/mol. The van der Waals surface area contributed by atoms with Gasteiger partial charge in [-0.3, -0.25) is 9.80 Å². The molecule has 24 heavy (non-hydrogen) atoms. The molecule has 1 aromatic carbocycles. The minimum Gasteiger partial charge on any atom is -0.383 e. The topological polar surface area (TPSA) is 73.4 Å². The van der Waals surface area contributed by atoms with E-state index in [0.717, 1.165) is 12.1 Å². The predicted octanol–water partition coefficient (Wildman–Crippen LogP) is 2.40. The number of hydrazine groups is 1. The highest BCUT2D eigenvalue weighted by Crippen LogP contribution is 2.45. The van der Waals surface area contributed by atoms with Gasteiger partial charge in [0.25, 0.3) is 0 Å². The molecule has 0 amide bonds. The number of nitrogens with two attached hydrogens (primary N) is 1. The fourth-order valence-electron chi connectivity index (χ4n) is 3.54. The first-order valence-electron chi connectivity index (χ1n) is 7.85. The van der Waals surface area contributed by atoms with Crippen molar-refractivity contribution in [1.29, 1.82) is 5.26 Å². The van der Waals surface area contributed by atoms with E-state index in [0.29, 0.717) is 24.0 Å². The number of hydrogen-bond acceptors (Lipinski definition) is 5. The van der Waals surface area contributed by atoms with Crippen LogP contribution in [0.3, 0.4) is 0 Å². The van der Waals surface area contributed by atoms with Crippen LogP contribution in [0, 0.1) is 17.1 Å². The Kier molecular flexibility index (Phi) is 4.12. The Balaban J connectivity index is 2.30. The van der Waals surface area contributed by atoms with Gasteiger partial charge in [0, 0.05) is 37.3 Å². The SMILES string of the molecule is CN(C)N1C(N)=C(C#N)[C@@H](c2ccccc2F)C2=C1CCCC2=O. The lowest BCUT2D eigenvalue weighted by Gasteiger charge is -2.42. The van der Waals surface area contributed by atoms with E-state index in [-0.39, 0.29) is 17.2 Å². The standard InChI is InChI=1S/C18H19FN4O/c1-22(2)23-14-8-5-9-15(24)17(14)16(12(10-20)18(23)21)11-6-3-4-7-13(11)19/h3-4,6-7,16H,5,8-9,21H2,1-2H3/t16-/m1/s1. The van der Waals surface area contributed by atoms with E-state index in [4.69, 9.17) is 5.73 Å². The Labute approximate surface area is 140 Å². The summed E-state index contributed by atoms with van der Waals surface area (Å²) in [6.07, 6.45) is 1.80. The number of halogens is 1. The molecule has 0 saturated carbocycles. The number of carbonyl (C=O) groups excluding carboxylic acids is 1. The van der Waals surface area contributed by atoms with Gasteiger partial charge >= 0.3 is 0 Å². The third kappa shape index (κ3) is 2.38. The summed E-state index contributed by atoms with van der Waals surface area (Å²) in [5.41, 5.74) is 8.02. The smallest absolute Gasteiger partial charge is 0.161 e. The Morgan fingerprint density at radius 1 is 1.33 bits per heavy atom. The molecule has 1 heterocycles. The van der Waals surface area contributed by atoms with Crippen LogP contribution in [-0.2, 0) is 4.79 Å². The van der Waals surface area contributed by atoms with Crippen molar-refractivity contribution in [2.75, 3.05) is 14.1 Å². The highest BCUT2D eigenvalue weighted by Gasteiger charge is 2.41. The van der Waals surface area contributed by atoms with Crippen LogP contribution in [0.25, 0.3) is 0 Å². The Morgan fingerprint density at radius 2 is 2.04 bits per heavy atom. The zero-order chi connectivity index (χ0) is 17.4. The summed E-state index contributed by atoms with van der Waals surface area (Å²) in [6.45, 7) is 0. The maximum Gasteiger partial charge on any atom is 0.161 e. The number of carbonyl (C=O) groups is 1.